The van der Waals surface area contributed by atoms with E-state index in [0.29, 0.717) is 6.54 Å². The second-order valence-corrected chi connectivity index (χ2v) is 9.35. The van der Waals surface area contributed by atoms with Gasteiger partial charge in [0.2, 0.25) is 10.0 Å². The lowest BCUT2D eigenvalue weighted by Crippen LogP contribution is -2.28. The summed E-state index contributed by atoms with van der Waals surface area (Å²) in [5.41, 5.74) is 0.0625. The number of amides is 1. The second kappa shape index (κ2) is 8.51. The molecule has 136 valence electrons. The lowest BCUT2D eigenvalue weighted by Gasteiger charge is -2.13. The largest absolute Gasteiger partial charge is 0.347 e. The Kier molecular flexibility index (Phi) is 6.87. The van der Waals surface area contributed by atoms with Crippen molar-refractivity contribution in [2.45, 2.75) is 25.3 Å². The Hall–Kier alpha value is -1.12. The number of benzene rings is 1. The highest BCUT2D eigenvalue weighted by Gasteiger charge is 2.22. The summed E-state index contributed by atoms with van der Waals surface area (Å²) >= 11 is 13.6. The molecule has 0 atom stereocenters. The molecule has 0 bridgehead atoms. The number of hydrogen-bond acceptors (Lipinski definition) is 4. The van der Waals surface area contributed by atoms with Crippen molar-refractivity contribution in [3.63, 3.8) is 0 Å². The Morgan fingerprint density at radius 1 is 1.24 bits per heavy atom. The minimum absolute atomic E-state index is 0.0314. The van der Waals surface area contributed by atoms with Gasteiger partial charge in [-0.2, -0.15) is 0 Å². The van der Waals surface area contributed by atoms with Crippen LogP contribution in [0.5, 0.6) is 0 Å². The van der Waals surface area contributed by atoms with E-state index in [9.17, 15) is 13.2 Å². The standard InChI is InChI=1S/C16H18Cl2N2O3S2/c1-10(2)8-20-25(22,23)15-6-12(13(17)7-14(15)18)16(21)19-9-11-4-3-5-24-11/h3-7,10,20H,8-9H2,1-2H3,(H,19,21). The molecule has 0 fully saturated rings. The molecule has 2 rings (SSSR count). The van der Waals surface area contributed by atoms with Crippen LogP contribution >= 0.6 is 34.5 Å². The van der Waals surface area contributed by atoms with Crippen LogP contribution in [0.4, 0.5) is 0 Å². The van der Waals surface area contributed by atoms with Gasteiger partial charge in [0.15, 0.2) is 0 Å². The SMILES string of the molecule is CC(C)CNS(=O)(=O)c1cc(C(=O)NCc2cccs2)c(Cl)cc1Cl. The van der Waals surface area contributed by atoms with Crippen LogP contribution in [0.3, 0.4) is 0 Å². The number of sulfonamides is 1. The summed E-state index contributed by atoms with van der Waals surface area (Å²) < 4.78 is 27.3. The molecule has 1 aromatic carbocycles. The molecule has 0 aliphatic carbocycles. The molecule has 0 saturated heterocycles. The predicted molar refractivity (Wildman–Crippen MR) is 102 cm³/mol. The van der Waals surface area contributed by atoms with Gasteiger partial charge in [-0.05, 0) is 29.5 Å². The average molecular weight is 421 g/mol. The molecule has 0 radical (unpaired) electrons. The zero-order valence-electron chi connectivity index (χ0n) is 13.7. The number of nitrogens with one attached hydrogen (secondary N) is 2. The molecule has 25 heavy (non-hydrogen) atoms. The fourth-order valence-corrected chi connectivity index (χ4v) is 4.65. The number of thiophene rings is 1. The monoisotopic (exact) mass is 420 g/mol. The molecule has 0 saturated carbocycles. The second-order valence-electron chi connectivity index (χ2n) is 5.77. The molecular formula is C16H18Cl2N2O3S2. The van der Waals surface area contributed by atoms with Gasteiger partial charge in [-0.15, -0.1) is 11.3 Å². The first-order valence-electron chi connectivity index (χ1n) is 7.50. The van der Waals surface area contributed by atoms with Gasteiger partial charge >= 0.3 is 0 Å². The highest BCUT2D eigenvalue weighted by Crippen LogP contribution is 2.29. The summed E-state index contributed by atoms with van der Waals surface area (Å²) in [7, 11) is -3.84. The third-order valence-corrected chi connectivity index (χ3v) is 6.32. The van der Waals surface area contributed by atoms with Crippen LogP contribution in [-0.4, -0.2) is 20.9 Å². The first-order chi connectivity index (χ1) is 11.7. The lowest BCUT2D eigenvalue weighted by molar-refractivity contribution is 0.0951. The van der Waals surface area contributed by atoms with Gasteiger partial charge in [0.25, 0.3) is 5.91 Å². The van der Waals surface area contributed by atoms with E-state index in [1.165, 1.54) is 23.5 Å². The van der Waals surface area contributed by atoms with Gasteiger partial charge < -0.3 is 5.32 Å². The topological polar surface area (TPSA) is 75.3 Å². The van der Waals surface area contributed by atoms with E-state index in [4.69, 9.17) is 23.2 Å². The molecule has 0 unspecified atom stereocenters. The maximum absolute atomic E-state index is 12.4. The summed E-state index contributed by atoms with van der Waals surface area (Å²) in [5, 5.41) is 4.69. The van der Waals surface area contributed by atoms with Crippen molar-refractivity contribution in [3.05, 3.63) is 50.1 Å². The van der Waals surface area contributed by atoms with Crippen LogP contribution in [-0.2, 0) is 16.6 Å². The normalized spacial score (nSPS) is 11.7. The third-order valence-electron chi connectivity index (χ3n) is 3.24. The molecule has 0 aliphatic heterocycles. The zero-order chi connectivity index (χ0) is 18.6. The van der Waals surface area contributed by atoms with Gasteiger partial charge in [0.05, 0.1) is 22.2 Å². The van der Waals surface area contributed by atoms with Crippen LogP contribution in [0.25, 0.3) is 0 Å². The van der Waals surface area contributed by atoms with Crippen LogP contribution in [0, 0.1) is 5.92 Å². The van der Waals surface area contributed by atoms with Gasteiger partial charge in [-0.1, -0.05) is 43.1 Å². The minimum atomic E-state index is -3.84. The van der Waals surface area contributed by atoms with Crippen molar-refractivity contribution in [1.29, 1.82) is 0 Å². The molecule has 2 N–H and O–H groups in total. The Labute approximate surface area is 161 Å². The Morgan fingerprint density at radius 2 is 1.96 bits per heavy atom. The van der Waals surface area contributed by atoms with Crippen LogP contribution < -0.4 is 10.0 Å². The van der Waals surface area contributed by atoms with Crippen LogP contribution in [0.1, 0.15) is 29.1 Å². The third kappa shape index (κ3) is 5.43. The Balaban J connectivity index is 2.25. The molecule has 1 aromatic heterocycles. The van der Waals surface area contributed by atoms with Crippen molar-refractivity contribution in [3.8, 4) is 0 Å². The number of carbonyl (C=O) groups is 1. The Morgan fingerprint density at radius 3 is 2.56 bits per heavy atom. The smallest absolute Gasteiger partial charge is 0.253 e. The van der Waals surface area contributed by atoms with E-state index in [2.05, 4.69) is 10.0 Å². The van der Waals surface area contributed by atoms with Gasteiger partial charge in [0.1, 0.15) is 4.90 Å². The summed E-state index contributed by atoms with van der Waals surface area (Å²) in [6, 6.07) is 6.25. The molecular weight excluding hydrogens is 403 g/mol. The van der Waals surface area contributed by atoms with Gasteiger partial charge in [0, 0.05) is 11.4 Å². The highest BCUT2D eigenvalue weighted by atomic mass is 35.5. The maximum Gasteiger partial charge on any atom is 0.253 e. The predicted octanol–water partition coefficient (Wildman–Crippen LogP) is 3.92. The molecule has 1 amide bonds. The van der Waals surface area contributed by atoms with Crippen molar-refractivity contribution in [2.75, 3.05) is 6.54 Å². The summed E-state index contributed by atoms with van der Waals surface area (Å²) in [6.07, 6.45) is 0. The summed E-state index contributed by atoms with van der Waals surface area (Å²) in [6.45, 7) is 4.37. The highest BCUT2D eigenvalue weighted by molar-refractivity contribution is 7.89. The summed E-state index contributed by atoms with van der Waals surface area (Å²) in [4.78, 5) is 13.2. The lowest BCUT2D eigenvalue weighted by atomic mass is 10.2. The zero-order valence-corrected chi connectivity index (χ0v) is 16.8. The fraction of sp³-hybridized carbons (Fsp3) is 0.312. The number of hydrogen-bond donors (Lipinski definition) is 2. The van der Waals surface area contributed by atoms with E-state index in [1.807, 2.05) is 31.4 Å². The van der Waals surface area contributed by atoms with Crippen LogP contribution in [0.2, 0.25) is 10.0 Å². The van der Waals surface area contributed by atoms with E-state index < -0.39 is 15.9 Å². The molecule has 9 heteroatoms. The van der Waals surface area contributed by atoms with E-state index >= 15 is 0 Å². The van der Waals surface area contributed by atoms with Gasteiger partial charge in [-0.25, -0.2) is 13.1 Å². The van der Waals surface area contributed by atoms with E-state index in [1.54, 1.807) is 0 Å². The fourth-order valence-electron chi connectivity index (χ4n) is 1.94. The van der Waals surface area contributed by atoms with E-state index in [-0.39, 0.29) is 33.0 Å². The van der Waals surface area contributed by atoms with Crippen molar-refractivity contribution in [1.82, 2.24) is 10.0 Å². The van der Waals surface area contributed by atoms with Crippen molar-refractivity contribution >= 4 is 50.5 Å². The quantitative estimate of drug-likeness (QED) is 0.712. The molecule has 0 spiro atoms. The number of halogens is 2. The van der Waals surface area contributed by atoms with Crippen LogP contribution in [0.15, 0.2) is 34.5 Å². The average Bonchev–Trinajstić information content (AvgIpc) is 3.04. The van der Waals surface area contributed by atoms with Crippen molar-refractivity contribution < 1.29 is 13.2 Å². The van der Waals surface area contributed by atoms with Crippen molar-refractivity contribution in [2.24, 2.45) is 5.92 Å². The number of carbonyl (C=O) groups excluding carboxylic acids is 1. The first kappa shape index (κ1) is 20.2. The number of rotatable bonds is 7. The first-order valence-corrected chi connectivity index (χ1v) is 10.6. The van der Waals surface area contributed by atoms with Gasteiger partial charge in [-0.3, -0.25) is 4.79 Å². The molecule has 5 nitrogen and oxygen atoms in total. The maximum atomic E-state index is 12.4. The minimum Gasteiger partial charge on any atom is -0.347 e. The molecule has 0 aliphatic rings. The summed E-state index contributed by atoms with van der Waals surface area (Å²) in [5.74, 6) is -0.329. The molecule has 2 aromatic rings. The van der Waals surface area contributed by atoms with E-state index in [0.717, 1.165) is 4.88 Å². The molecule has 1 heterocycles. The Bertz CT molecular complexity index is 851.